The third kappa shape index (κ3) is 2.03. The van der Waals surface area contributed by atoms with Crippen LogP contribution in [-0.4, -0.2) is 22.4 Å². The fourth-order valence-corrected chi connectivity index (χ4v) is 0.738. The molecule has 0 aliphatic rings. The van der Waals surface area contributed by atoms with Gasteiger partial charge < -0.3 is 0 Å². The molecule has 14 heavy (non-hydrogen) atoms. The summed E-state index contributed by atoms with van der Waals surface area (Å²) in [5, 5.41) is -10.7. The maximum atomic E-state index is 12.5. The number of alkyl halides is 9. The normalized spacial score (nSPS) is 19.3. The van der Waals surface area contributed by atoms with Crippen molar-refractivity contribution in [2.45, 2.75) is 29.3 Å². The summed E-state index contributed by atoms with van der Waals surface area (Å²) in [6.45, 7) is -0.452. The molecule has 0 aromatic heterocycles. The van der Waals surface area contributed by atoms with Crippen molar-refractivity contribution < 1.29 is 30.7 Å². The first kappa shape index (κ1) is 14.1. The van der Waals surface area contributed by atoms with Crippen molar-refractivity contribution in [1.82, 2.24) is 0 Å². The first-order valence-corrected chi connectivity index (χ1v) is 3.71. The van der Waals surface area contributed by atoms with Crippen molar-refractivity contribution in [1.29, 1.82) is 0 Å². The molecule has 86 valence electrons. The van der Waals surface area contributed by atoms with Gasteiger partial charge in [0.25, 0.3) is 0 Å². The van der Waals surface area contributed by atoms with Crippen molar-refractivity contribution in [3.8, 4) is 0 Å². The van der Waals surface area contributed by atoms with Gasteiger partial charge in [0.15, 0.2) is 0 Å². The lowest BCUT2D eigenvalue weighted by molar-refractivity contribution is -0.271. The molecule has 0 spiro atoms. The van der Waals surface area contributed by atoms with E-state index in [1.807, 2.05) is 0 Å². The Morgan fingerprint density at radius 1 is 0.786 bits per heavy atom. The molecule has 0 nitrogen and oxygen atoms in total. The van der Waals surface area contributed by atoms with E-state index in [9.17, 15) is 30.7 Å². The highest BCUT2D eigenvalue weighted by Gasteiger charge is 2.76. The average Bonchev–Trinajstić information content (AvgIpc) is 1.81. The molecule has 0 bridgehead atoms. The number of hydrogen-bond acceptors (Lipinski definition) is 0. The summed E-state index contributed by atoms with van der Waals surface area (Å²) in [5.41, 5.74) is 0. The Morgan fingerprint density at radius 3 is 1.14 bits per heavy atom. The zero-order valence-corrected chi connectivity index (χ0v) is 7.91. The van der Waals surface area contributed by atoms with Gasteiger partial charge in [-0.3, -0.25) is 0 Å². The second-order valence-corrected chi connectivity index (χ2v) is 3.53. The van der Waals surface area contributed by atoms with E-state index in [1.54, 1.807) is 0 Å². The zero-order chi connectivity index (χ0) is 12.0. The van der Waals surface area contributed by atoms with E-state index in [4.69, 9.17) is 0 Å². The molecule has 9 heteroatoms. The van der Waals surface area contributed by atoms with E-state index in [0.717, 1.165) is 0 Å². The van der Waals surface area contributed by atoms with Crippen molar-refractivity contribution in [2.75, 3.05) is 0 Å². The molecule has 0 fully saturated rings. The Bertz CT molecular complexity index is 189. The lowest BCUT2D eigenvalue weighted by Crippen LogP contribution is -2.58. The summed E-state index contributed by atoms with van der Waals surface area (Å²) >= 11 is 7.87. The molecular weight excluding hydrogens is 264 g/mol. The highest BCUT2D eigenvalue weighted by Crippen LogP contribution is 2.55. The highest BCUT2D eigenvalue weighted by molar-refractivity contribution is 6.33. The number of halogens is 9. The molecule has 0 saturated carbocycles. The smallest absolute Gasteiger partial charge is 0.211 e. The third-order valence-corrected chi connectivity index (χ3v) is 2.13. The van der Waals surface area contributed by atoms with E-state index in [0.29, 0.717) is 0 Å². The molecule has 0 rings (SSSR count). The van der Waals surface area contributed by atoms with Gasteiger partial charge in [-0.1, -0.05) is 11.6 Å². The van der Waals surface area contributed by atoms with E-state index in [2.05, 4.69) is 23.2 Å². The Labute approximate surface area is 84.0 Å². The summed E-state index contributed by atoms with van der Waals surface area (Å²) in [5.74, 6) is -10.9. The van der Waals surface area contributed by atoms with Gasteiger partial charge in [-0.05, 0) is 11.6 Å². The molecule has 1 unspecified atom stereocenters. The van der Waals surface area contributed by atoms with Gasteiger partial charge in [-0.2, -0.15) is 17.6 Å². The largest absolute Gasteiger partial charge is 0.375 e. The van der Waals surface area contributed by atoms with E-state index >= 15 is 0 Å². The monoisotopic (exact) mass is 266 g/mol. The lowest BCUT2D eigenvalue weighted by Gasteiger charge is -2.33. The SMILES string of the molecule is CC(F)(F)C(F)(F)C(F)(Cl)C(F)(F)Cl. The predicted molar refractivity (Wildman–Crippen MR) is 36.1 cm³/mol. The van der Waals surface area contributed by atoms with Gasteiger partial charge in [-0.25, -0.2) is 13.2 Å². The van der Waals surface area contributed by atoms with Crippen LogP contribution in [0.25, 0.3) is 0 Å². The van der Waals surface area contributed by atoms with Crippen molar-refractivity contribution in [3.05, 3.63) is 0 Å². The summed E-state index contributed by atoms with van der Waals surface area (Å²) < 4.78 is 85.4. The molecule has 0 aliphatic carbocycles. The van der Waals surface area contributed by atoms with Crippen LogP contribution in [0.3, 0.4) is 0 Å². The fourth-order valence-electron chi connectivity index (χ4n) is 0.454. The first-order chi connectivity index (χ1) is 5.75. The van der Waals surface area contributed by atoms with Gasteiger partial charge in [0.05, 0.1) is 0 Å². The maximum absolute atomic E-state index is 12.5. The van der Waals surface area contributed by atoms with Gasteiger partial charge in [0.1, 0.15) is 0 Å². The molecule has 0 heterocycles. The van der Waals surface area contributed by atoms with Crippen molar-refractivity contribution in [3.63, 3.8) is 0 Å². The van der Waals surface area contributed by atoms with E-state index in [1.165, 1.54) is 0 Å². The Hall–Kier alpha value is 0.0900. The second kappa shape index (κ2) is 3.30. The summed E-state index contributed by atoms with van der Waals surface area (Å²) in [4.78, 5) is 0. The lowest BCUT2D eigenvalue weighted by atomic mass is 10.1. The van der Waals surface area contributed by atoms with Crippen LogP contribution in [0.4, 0.5) is 30.7 Å². The third-order valence-electron chi connectivity index (χ3n) is 1.30. The number of rotatable bonds is 3. The van der Waals surface area contributed by atoms with Crippen molar-refractivity contribution in [2.24, 2.45) is 0 Å². The Kier molecular flexibility index (Phi) is 3.32. The minimum atomic E-state index is -5.80. The van der Waals surface area contributed by atoms with E-state index < -0.39 is 29.3 Å². The highest BCUT2D eigenvalue weighted by atomic mass is 35.5. The van der Waals surface area contributed by atoms with Gasteiger partial charge >= 0.3 is 22.4 Å². The molecule has 0 N–H and O–H groups in total. The molecular formula is C5H3Cl2F7. The molecule has 0 radical (unpaired) electrons. The van der Waals surface area contributed by atoms with Crippen LogP contribution >= 0.6 is 23.2 Å². The molecule has 0 aromatic carbocycles. The van der Waals surface area contributed by atoms with Gasteiger partial charge in [0, 0.05) is 6.92 Å². The number of hydrogen-bond donors (Lipinski definition) is 0. The first-order valence-electron chi connectivity index (χ1n) is 2.95. The molecule has 0 saturated heterocycles. The summed E-state index contributed by atoms with van der Waals surface area (Å²) in [6, 6.07) is 0. The molecule has 1 atom stereocenters. The predicted octanol–water partition coefficient (Wildman–Crippen LogP) is 4.01. The quantitative estimate of drug-likeness (QED) is 0.535. The Balaban J connectivity index is 5.30. The minimum Gasteiger partial charge on any atom is -0.211 e. The standard InChI is InChI=1S/C5H3Cl2F7/c1-2(8,9)4(11,12)3(6,10)5(7,13)14/h1H3. The topological polar surface area (TPSA) is 0 Å². The van der Waals surface area contributed by atoms with Crippen LogP contribution in [0.1, 0.15) is 6.92 Å². The van der Waals surface area contributed by atoms with Crippen LogP contribution in [-0.2, 0) is 0 Å². The second-order valence-electron chi connectivity index (χ2n) is 2.53. The van der Waals surface area contributed by atoms with Crippen LogP contribution in [0.2, 0.25) is 0 Å². The maximum Gasteiger partial charge on any atom is 0.375 e. The van der Waals surface area contributed by atoms with Gasteiger partial charge in [0.2, 0.25) is 0 Å². The molecule has 0 amide bonds. The van der Waals surface area contributed by atoms with Crippen LogP contribution in [0.15, 0.2) is 0 Å². The zero-order valence-electron chi connectivity index (χ0n) is 6.40. The van der Waals surface area contributed by atoms with Gasteiger partial charge in [-0.15, -0.1) is 0 Å². The molecule has 0 aliphatic heterocycles. The van der Waals surface area contributed by atoms with Crippen LogP contribution in [0.5, 0.6) is 0 Å². The van der Waals surface area contributed by atoms with Crippen LogP contribution < -0.4 is 0 Å². The Morgan fingerprint density at radius 2 is 1.07 bits per heavy atom. The van der Waals surface area contributed by atoms with Crippen molar-refractivity contribution >= 4 is 23.2 Å². The summed E-state index contributed by atoms with van der Waals surface area (Å²) in [7, 11) is 0. The minimum absolute atomic E-state index is 0.452. The fraction of sp³-hybridized carbons (Fsp3) is 1.00. The van der Waals surface area contributed by atoms with Crippen LogP contribution in [0, 0.1) is 0 Å². The average molecular weight is 267 g/mol. The summed E-state index contributed by atoms with van der Waals surface area (Å²) in [6.07, 6.45) is 0. The molecule has 0 aromatic rings. The van der Waals surface area contributed by atoms with E-state index in [-0.39, 0.29) is 0 Å².